The summed E-state index contributed by atoms with van der Waals surface area (Å²) in [6.45, 7) is 4.67. The summed E-state index contributed by atoms with van der Waals surface area (Å²) in [5.74, 6) is -0.354. The summed E-state index contributed by atoms with van der Waals surface area (Å²) in [6.07, 6.45) is 0.661. The Hall–Kier alpha value is -3.36. The highest BCUT2D eigenvalue weighted by atomic mass is 32.2. The molecule has 0 spiro atoms. The Morgan fingerprint density at radius 2 is 1.65 bits per heavy atom. The highest BCUT2D eigenvalue weighted by molar-refractivity contribution is 7.92. The van der Waals surface area contributed by atoms with Crippen LogP contribution in [0.3, 0.4) is 0 Å². The molecule has 1 saturated heterocycles. The normalized spacial score (nSPS) is 18.0. The van der Waals surface area contributed by atoms with Crippen molar-refractivity contribution in [3.05, 3.63) is 83.9 Å². The molecule has 0 saturated carbocycles. The van der Waals surface area contributed by atoms with Crippen LogP contribution >= 0.6 is 0 Å². The Kier molecular flexibility index (Phi) is 6.02. The molecule has 2 aliphatic rings. The van der Waals surface area contributed by atoms with E-state index in [4.69, 9.17) is 4.74 Å². The molecule has 2 heterocycles. The Balaban J connectivity index is 1.42. The smallest absolute Gasteiger partial charge is 0.264 e. The van der Waals surface area contributed by atoms with Crippen molar-refractivity contribution in [2.24, 2.45) is 0 Å². The van der Waals surface area contributed by atoms with Crippen LogP contribution < -0.4 is 14.5 Å². The van der Waals surface area contributed by atoms with Crippen molar-refractivity contribution in [2.75, 3.05) is 40.8 Å². The number of anilines is 3. The van der Waals surface area contributed by atoms with Crippen LogP contribution in [0, 0.1) is 0 Å². The zero-order valence-corrected chi connectivity index (χ0v) is 19.8. The summed E-state index contributed by atoms with van der Waals surface area (Å²) < 4.78 is 34.1. The SMILES string of the molecule is C[C@@H]1Cc2ccccc2N1S(=O)(=O)c1cccc(C(=O)Nc2ccccc2N2CCOCC2)c1. The number of carbonyl (C=O) groups excluding carboxylic acids is 1. The van der Waals surface area contributed by atoms with E-state index in [2.05, 4.69) is 10.2 Å². The number of fused-ring (bicyclic) bond motifs is 1. The molecular weight excluding hydrogens is 450 g/mol. The van der Waals surface area contributed by atoms with Gasteiger partial charge in [-0.05, 0) is 55.3 Å². The minimum Gasteiger partial charge on any atom is -0.378 e. The minimum absolute atomic E-state index is 0.102. The van der Waals surface area contributed by atoms with Crippen molar-refractivity contribution in [2.45, 2.75) is 24.3 Å². The van der Waals surface area contributed by atoms with Crippen molar-refractivity contribution in [3.63, 3.8) is 0 Å². The van der Waals surface area contributed by atoms with Crippen molar-refractivity contribution in [3.8, 4) is 0 Å². The van der Waals surface area contributed by atoms with Gasteiger partial charge >= 0.3 is 0 Å². The number of ether oxygens (including phenoxy) is 1. The number of hydrogen-bond donors (Lipinski definition) is 1. The topological polar surface area (TPSA) is 79.0 Å². The van der Waals surface area contributed by atoms with E-state index in [9.17, 15) is 13.2 Å². The molecule has 0 unspecified atom stereocenters. The molecule has 2 aliphatic heterocycles. The van der Waals surface area contributed by atoms with Gasteiger partial charge in [-0.1, -0.05) is 36.4 Å². The van der Waals surface area contributed by atoms with Crippen LogP contribution in [0.15, 0.2) is 77.7 Å². The zero-order valence-electron chi connectivity index (χ0n) is 19.0. The second-order valence-corrected chi connectivity index (χ2v) is 10.4. The van der Waals surface area contributed by atoms with E-state index in [1.54, 1.807) is 18.2 Å². The standard InChI is InChI=1S/C26H27N3O4S/c1-19-17-20-7-2-4-11-24(20)29(19)34(31,32)22-9-6-8-21(18-22)26(30)27-23-10-3-5-12-25(23)28-13-15-33-16-14-28/h2-12,18-19H,13-17H2,1H3,(H,27,30)/t19-/m1/s1. The minimum atomic E-state index is -3.82. The quantitative estimate of drug-likeness (QED) is 0.603. The lowest BCUT2D eigenvalue weighted by molar-refractivity contribution is 0.102. The van der Waals surface area contributed by atoms with Gasteiger partial charge in [-0.3, -0.25) is 9.10 Å². The number of morpholine rings is 1. The first-order valence-electron chi connectivity index (χ1n) is 11.4. The summed E-state index contributed by atoms with van der Waals surface area (Å²) in [5, 5.41) is 2.97. The van der Waals surface area contributed by atoms with Crippen LogP contribution in [0.4, 0.5) is 17.1 Å². The number of benzene rings is 3. The Morgan fingerprint density at radius 3 is 2.44 bits per heavy atom. The summed E-state index contributed by atoms with van der Waals surface area (Å²) >= 11 is 0. The fourth-order valence-electron chi connectivity index (χ4n) is 4.67. The highest BCUT2D eigenvalue weighted by Crippen LogP contribution is 2.36. The molecule has 0 aliphatic carbocycles. The lowest BCUT2D eigenvalue weighted by Crippen LogP contribution is -2.36. The Morgan fingerprint density at radius 1 is 0.941 bits per heavy atom. The molecular formula is C26H27N3O4S. The Bertz CT molecular complexity index is 1320. The summed E-state index contributed by atoms with van der Waals surface area (Å²) in [4.78, 5) is 15.4. The van der Waals surface area contributed by atoms with Crippen molar-refractivity contribution >= 4 is 33.0 Å². The van der Waals surface area contributed by atoms with Gasteiger partial charge in [0.15, 0.2) is 0 Å². The van der Waals surface area contributed by atoms with Gasteiger partial charge in [0.05, 0.1) is 35.2 Å². The molecule has 0 radical (unpaired) electrons. The number of nitrogens with zero attached hydrogens (tertiary/aromatic N) is 2. The molecule has 5 rings (SSSR count). The molecule has 3 aromatic rings. The predicted molar refractivity (Wildman–Crippen MR) is 133 cm³/mol. The lowest BCUT2D eigenvalue weighted by Gasteiger charge is -2.30. The monoisotopic (exact) mass is 477 g/mol. The van der Waals surface area contributed by atoms with Gasteiger partial charge in [0.1, 0.15) is 0 Å². The molecule has 7 nitrogen and oxygen atoms in total. The summed E-state index contributed by atoms with van der Waals surface area (Å²) in [6, 6.07) is 21.2. The second kappa shape index (κ2) is 9.12. The van der Waals surface area contributed by atoms with Gasteiger partial charge in [-0.2, -0.15) is 0 Å². The first kappa shape index (κ1) is 22.4. The van der Waals surface area contributed by atoms with Gasteiger partial charge in [0.25, 0.3) is 15.9 Å². The second-order valence-electron chi connectivity index (χ2n) is 8.58. The maximum absolute atomic E-state index is 13.6. The average Bonchev–Trinajstić information content (AvgIpc) is 3.21. The summed E-state index contributed by atoms with van der Waals surface area (Å²) in [5.41, 5.74) is 3.60. The van der Waals surface area contributed by atoms with Crippen LogP contribution in [0.1, 0.15) is 22.8 Å². The summed E-state index contributed by atoms with van der Waals surface area (Å²) in [7, 11) is -3.82. The molecule has 8 heteroatoms. The molecule has 176 valence electrons. The third-order valence-electron chi connectivity index (χ3n) is 6.30. The number of para-hydroxylation sites is 3. The average molecular weight is 478 g/mol. The van der Waals surface area contributed by atoms with E-state index in [0.717, 1.165) is 24.3 Å². The van der Waals surface area contributed by atoms with Gasteiger partial charge in [-0.25, -0.2) is 8.42 Å². The van der Waals surface area contributed by atoms with Crippen molar-refractivity contribution in [1.82, 2.24) is 0 Å². The van der Waals surface area contributed by atoms with E-state index in [1.165, 1.54) is 10.4 Å². The van der Waals surface area contributed by atoms with Gasteiger partial charge in [0.2, 0.25) is 0 Å². The molecule has 1 fully saturated rings. The third-order valence-corrected chi connectivity index (χ3v) is 8.23. The fraction of sp³-hybridized carbons (Fsp3) is 0.269. The number of rotatable bonds is 5. The third kappa shape index (κ3) is 4.15. The maximum atomic E-state index is 13.6. The molecule has 0 bridgehead atoms. The van der Waals surface area contributed by atoms with Gasteiger partial charge in [0, 0.05) is 24.7 Å². The van der Waals surface area contributed by atoms with Crippen LogP contribution in [0.25, 0.3) is 0 Å². The fourth-order valence-corrected chi connectivity index (χ4v) is 6.41. The van der Waals surface area contributed by atoms with Gasteiger partial charge < -0.3 is 15.0 Å². The van der Waals surface area contributed by atoms with Crippen LogP contribution in [-0.4, -0.2) is 46.7 Å². The van der Waals surface area contributed by atoms with E-state index in [0.29, 0.717) is 31.0 Å². The lowest BCUT2D eigenvalue weighted by atomic mass is 10.1. The molecule has 34 heavy (non-hydrogen) atoms. The van der Waals surface area contributed by atoms with Crippen LogP contribution in [-0.2, 0) is 21.2 Å². The van der Waals surface area contributed by atoms with Crippen molar-refractivity contribution in [1.29, 1.82) is 0 Å². The molecule has 1 amide bonds. The van der Waals surface area contributed by atoms with E-state index in [1.807, 2.05) is 55.5 Å². The largest absolute Gasteiger partial charge is 0.378 e. The van der Waals surface area contributed by atoms with Crippen LogP contribution in [0.2, 0.25) is 0 Å². The number of amides is 1. The van der Waals surface area contributed by atoms with Crippen molar-refractivity contribution < 1.29 is 17.9 Å². The van der Waals surface area contributed by atoms with E-state index in [-0.39, 0.29) is 22.4 Å². The van der Waals surface area contributed by atoms with E-state index < -0.39 is 10.0 Å². The van der Waals surface area contributed by atoms with Crippen LogP contribution in [0.5, 0.6) is 0 Å². The zero-order chi connectivity index (χ0) is 23.7. The Labute approximate surface area is 200 Å². The highest BCUT2D eigenvalue weighted by Gasteiger charge is 2.36. The maximum Gasteiger partial charge on any atom is 0.264 e. The van der Waals surface area contributed by atoms with E-state index >= 15 is 0 Å². The first-order chi connectivity index (χ1) is 16.4. The predicted octanol–water partition coefficient (Wildman–Crippen LogP) is 3.92. The molecule has 0 aromatic heterocycles. The molecule has 3 aromatic carbocycles. The molecule has 1 N–H and O–H groups in total. The molecule has 1 atom stereocenters. The number of nitrogens with one attached hydrogen (secondary N) is 1. The van der Waals surface area contributed by atoms with Gasteiger partial charge in [-0.15, -0.1) is 0 Å². The first-order valence-corrected chi connectivity index (χ1v) is 12.8. The number of hydrogen-bond acceptors (Lipinski definition) is 5. The number of sulfonamides is 1. The number of carbonyl (C=O) groups is 1.